The van der Waals surface area contributed by atoms with Crippen molar-refractivity contribution >= 4 is 32.8 Å². The third-order valence-corrected chi connectivity index (χ3v) is 4.14. The van der Waals surface area contributed by atoms with Gasteiger partial charge in [-0.2, -0.15) is 0 Å². The fourth-order valence-electron chi connectivity index (χ4n) is 2.39. The molecule has 0 unspecified atom stereocenters. The van der Waals surface area contributed by atoms with Gasteiger partial charge in [0.2, 0.25) is 5.43 Å². The average molecular weight is 360 g/mol. The van der Waals surface area contributed by atoms with Crippen LogP contribution in [-0.2, 0) is 0 Å². The van der Waals surface area contributed by atoms with Gasteiger partial charge in [-0.05, 0) is 22.9 Å². The van der Waals surface area contributed by atoms with Gasteiger partial charge in [0, 0.05) is 6.20 Å². The van der Waals surface area contributed by atoms with Crippen LogP contribution in [0.1, 0.15) is 23.3 Å². The zero-order chi connectivity index (χ0) is 15.5. The Kier molecular flexibility index (Phi) is 3.01. The first-order valence-corrected chi connectivity index (χ1v) is 6.75. The molecule has 0 saturated heterocycles. The molecule has 21 heavy (non-hydrogen) atoms. The molecule has 1 aromatic carbocycles. The fraction of sp³-hybridized carbons (Fsp3) is 0.231. The maximum atomic E-state index is 14.1. The second kappa shape index (κ2) is 4.52. The van der Waals surface area contributed by atoms with Crippen molar-refractivity contribution in [3.63, 3.8) is 0 Å². The minimum absolute atomic E-state index is 0.00367. The lowest BCUT2D eigenvalue weighted by atomic mass is 10.1. The molecule has 1 aromatic heterocycles. The summed E-state index contributed by atoms with van der Waals surface area (Å²) in [5, 5.41) is 8.45. The molecule has 1 aliphatic heterocycles. The molecule has 0 saturated carbocycles. The van der Waals surface area contributed by atoms with Gasteiger partial charge in [0.05, 0.1) is 16.9 Å². The molecule has 8 heteroatoms. The molecular weight excluding hydrogens is 352 g/mol. The second-order valence-corrected chi connectivity index (χ2v) is 5.53. The average Bonchev–Trinajstić information content (AvgIpc) is 2.43. The van der Waals surface area contributed by atoms with Crippen molar-refractivity contribution in [2.75, 3.05) is 6.61 Å². The Morgan fingerprint density at radius 1 is 1.48 bits per heavy atom. The van der Waals surface area contributed by atoms with Crippen molar-refractivity contribution in [3.05, 3.63) is 38.1 Å². The normalized spacial score (nSPS) is 16.9. The smallest absolute Gasteiger partial charge is 0.341 e. The number of ether oxygens (including phenoxy) is 1. The topological polar surface area (TPSA) is 68.5 Å². The number of aromatic carboxylic acids is 1. The van der Waals surface area contributed by atoms with Gasteiger partial charge in [-0.25, -0.2) is 13.6 Å². The summed E-state index contributed by atoms with van der Waals surface area (Å²) in [7, 11) is 0. The van der Waals surface area contributed by atoms with Gasteiger partial charge in [0.1, 0.15) is 16.6 Å². The summed E-state index contributed by atoms with van der Waals surface area (Å²) in [4.78, 5) is 23.3. The lowest BCUT2D eigenvalue weighted by molar-refractivity contribution is 0.0694. The molecule has 1 aliphatic rings. The summed E-state index contributed by atoms with van der Waals surface area (Å²) in [5.41, 5.74) is -1.63. The molecule has 1 atom stereocenters. The molecule has 2 aromatic rings. The van der Waals surface area contributed by atoms with Crippen LogP contribution in [0.5, 0.6) is 5.75 Å². The SMILES string of the molecule is C[C@H]1COc2c(Br)c(F)c(F)c3c(=O)c(C(=O)O)cn1c23. The quantitative estimate of drug-likeness (QED) is 0.794. The highest BCUT2D eigenvalue weighted by Crippen LogP contribution is 2.40. The number of carbonyl (C=O) groups is 1. The van der Waals surface area contributed by atoms with Crippen molar-refractivity contribution < 1.29 is 23.4 Å². The number of aromatic nitrogens is 1. The van der Waals surface area contributed by atoms with Crippen LogP contribution < -0.4 is 10.2 Å². The number of halogens is 3. The third kappa shape index (κ3) is 1.78. The molecule has 0 amide bonds. The first kappa shape index (κ1) is 14.0. The molecule has 0 spiro atoms. The van der Waals surface area contributed by atoms with Crippen LogP contribution in [0.15, 0.2) is 15.5 Å². The molecule has 3 rings (SSSR count). The zero-order valence-corrected chi connectivity index (χ0v) is 12.2. The van der Waals surface area contributed by atoms with Gasteiger partial charge in [-0.1, -0.05) is 0 Å². The Bertz CT molecular complexity index is 862. The molecule has 0 aliphatic carbocycles. The van der Waals surface area contributed by atoms with Crippen molar-refractivity contribution in [2.24, 2.45) is 0 Å². The largest absolute Gasteiger partial charge is 0.488 e. The van der Waals surface area contributed by atoms with E-state index in [9.17, 15) is 18.4 Å². The van der Waals surface area contributed by atoms with Crippen LogP contribution in [0.3, 0.4) is 0 Å². The maximum Gasteiger partial charge on any atom is 0.341 e. The standard InChI is InChI=1S/C13H8BrF2NO4/c1-4-3-21-12-7(14)9(16)8(15)6-10(12)17(4)2-5(11(6)18)13(19)20/h2,4H,3H2,1H3,(H,19,20)/t4-/m0/s1. The van der Waals surface area contributed by atoms with Crippen LogP contribution in [0, 0.1) is 11.6 Å². The summed E-state index contributed by atoms with van der Waals surface area (Å²) < 4.78 is 34.6. The predicted octanol–water partition coefficient (Wildman–Crippen LogP) is 2.69. The van der Waals surface area contributed by atoms with E-state index in [0.717, 1.165) is 6.20 Å². The van der Waals surface area contributed by atoms with Gasteiger partial charge < -0.3 is 14.4 Å². The Morgan fingerprint density at radius 2 is 2.14 bits per heavy atom. The molecule has 5 nitrogen and oxygen atoms in total. The van der Waals surface area contributed by atoms with Crippen LogP contribution in [-0.4, -0.2) is 22.2 Å². The predicted molar refractivity (Wildman–Crippen MR) is 73.0 cm³/mol. The van der Waals surface area contributed by atoms with Gasteiger partial charge in [0.15, 0.2) is 17.4 Å². The van der Waals surface area contributed by atoms with E-state index in [1.165, 1.54) is 4.57 Å². The number of carboxylic acid groups (broad SMARTS) is 1. The molecule has 1 N–H and O–H groups in total. The number of rotatable bonds is 1. The molecular formula is C13H8BrF2NO4. The molecule has 110 valence electrons. The van der Waals surface area contributed by atoms with Crippen molar-refractivity contribution in [2.45, 2.75) is 13.0 Å². The van der Waals surface area contributed by atoms with Crippen molar-refractivity contribution in [3.8, 4) is 5.75 Å². The molecule has 0 radical (unpaired) electrons. The summed E-state index contributed by atoms with van der Waals surface area (Å²) in [6.07, 6.45) is 1.13. The lowest BCUT2D eigenvalue weighted by Crippen LogP contribution is -2.27. The monoisotopic (exact) mass is 359 g/mol. The maximum absolute atomic E-state index is 14.1. The molecule has 0 fully saturated rings. The highest BCUT2D eigenvalue weighted by molar-refractivity contribution is 9.10. The second-order valence-electron chi connectivity index (χ2n) is 4.74. The van der Waals surface area contributed by atoms with E-state index in [1.807, 2.05) is 0 Å². The number of hydrogen-bond donors (Lipinski definition) is 1. The number of nitrogens with zero attached hydrogens (tertiary/aromatic N) is 1. The van der Waals surface area contributed by atoms with Gasteiger partial charge in [-0.3, -0.25) is 4.79 Å². The zero-order valence-electron chi connectivity index (χ0n) is 10.6. The number of pyridine rings is 1. The number of benzene rings is 1. The number of carboxylic acids is 1. The van der Waals surface area contributed by atoms with E-state index in [0.29, 0.717) is 0 Å². The van der Waals surface area contributed by atoms with Crippen molar-refractivity contribution in [1.29, 1.82) is 0 Å². The lowest BCUT2D eigenvalue weighted by Gasteiger charge is -2.27. The summed E-state index contributed by atoms with van der Waals surface area (Å²) in [6, 6.07) is -0.324. The first-order valence-electron chi connectivity index (χ1n) is 5.96. The first-order chi connectivity index (χ1) is 9.84. The van der Waals surface area contributed by atoms with Gasteiger partial charge in [-0.15, -0.1) is 0 Å². The van der Waals surface area contributed by atoms with E-state index < -0.39 is 34.0 Å². The Morgan fingerprint density at radius 3 is 2.76 bits per heavy atom. The third-order valence-electron chi connectivity index (χ3n) is 3.43. The Hall–Kier alpha value is -1.96. The fourth-order valence-corrected chi connectivity index (χ4v) is 2.87. The van der Waals surface area contributed by atoms with Gasteiger partial charge in [0.25, 0.3) is 0 Å². The Balaban J connectivity index is 2.64. The summed E-state index contributed by atoms with van der Waals surface area (Å²) in [5.74, 6) is -4.16. The number of hydrogen-bond acceptors (Lipinski definition) is 3. The van der Waals surface area contributed by atoms with Crippen LogP contribution in [0.4, 0.5) is 8.78 Å². The van der Waals surface area contributed by atoms with E-state index in [4.69, 9.17) is 9.84 Å². The Labute approximate surface area is 124 Å². The van der Waals surface area contributed by atoms with E-state index >= 15 is 0 Å². The van der Waals surface area contributed by atoms with E-state index in [-0.39, 0.29) is 28.4 Å². The molecule has 2 heterocycles. The van der Waals surface area contributed by atoms with Crippen molar-refractivity contribution in [1.82, 2.24) is 4.57 Å². The summed E-state index contributed by atoms with van der Waals surface area (Å²) >= 11 is 2.90. The van der Waals surface area contributed by atoms with E-state index in [1.54, 1.807) is 6.92 Å². The van der Waals surface area contributed by atoms with Crippen LogP contribution >= 0.6 is 15.9 Å². The highest BCUT2D eigenvalue weighted by atomic mass is 79.9. The minimum atomic E-state index is -1.49. The van der Waals surface area contributed by atoms with Gasteiger partial charge >= 0.3 is 5.97 Å². The molecule has 0 bridgehead atoms. The highest BCUT2D eigenvalue weighted by Gasteiger charge is 2.30. The summed E-state index contributed by atoms with van der Waals surface area (Å²) in [6.45, 7) is 1.86. The van der Waals surface area contributed by atoms with Crippen LogP contribution in [0.25, 0.3) is 10.9 Å². The van der Waals surface area contributed by atoms with E-state index in [2.05, 4.69) is 15.9 Å². The minimum Gasteiger partial charge on any atom is -0.488 e. The van der Waals surface area contributed by atoms with Crippen LogP contribution in [0.2, 0.25) is 0 Å².